The topological polar surface area (TPSA) is 76.6 Å². The van der Waals surface area contributed by atoms with E-state index in [0.29, 0.717) is 48.4 Å². The number of ether oxygens (including phenoxy) is 2. The van der Waals surface area contributed by atoms with E-state index in [1.54, 1.807) is 26.4 Å². The average molecular weight is 521 g/mol. The Morgan fingerprint density at radius 2 is 1.68 bits per heavy atom. The molecule has 0 bridgehead atoms. The van der Waals surface area contributed by atoms with E-state index in [1.807, 2.05) is 53.4 Å². The number of rotatable bonds is 12. The Hall–Kier alpha value is -3.98. The average Bonchev–Trinajstić information content (AvgIpc) is 3.38. The van der Waals surface area contributed by atoms with Crippen LogP contribution in [0, 0.1) is 5.82 Å². The van der Waals surface area contributed by atoms with Crippen molar-refractivity contribution >= 4 is 22.6 Å². The highest BCUT2D eigenvalue weighted by Crippen LogP contribution is 2.27. The van der Waals surface area contributed by atoms with E-state index in [2.05, 4.69) is 14.7 Å². The lowest BCUT2D eigenvalue weighted by atomic mass is 10.1. The van der Waals surface area contributed by atoms with Gasteiger partial charge in [-0.2, -0.15) is 4.37 Å². The second-order valence-electron chi connectivity index (χ2n) is 8.43. The highest BCUT2D eigenvalue weighted by molar-refractivity contribution is 7.09. The third kappa shape index (κ3) is 7.50. The predicted molar refractivity (Wildman–Crippen MR) is 143 cm³/mol. The molecule has 1 amide bonds. The molecular weight excluding hydrogens is 491 g/mol. The van der Waals surface area contributed by atoms with Crippen molar-refractivity contribution in [3.63, 3.8) is 0 Å². The molecule has 192 valence electrons. The molecule has 4 aromatic rings. The molecule has 0 aliphatic heterocycles. The molecule has 0 aliphatic rings. The zero-order chi connectivity index (χ0) is 26.0. The number of methoxy groups -OCH3 is 2. The van der Waals surface area contributed by atoms with Crippen molar-refractivity contribution in [2.75, 3.05) is 32.2 Å². The summed E-state index contributed by atoms with van der Waals surface area (Å²) >= 11 is 1.25. The minimum absolute atomic E-state index is 0.105. The van der Waals surface area contributed by atoms with Crippen molar-refractivity contribution in [3.8, 4) is 11.5 Å². The van der Waals surface area contributed by atoms with Crippen molar-refractivity contribution in [1.82, 2.24) is 14.7 Å². The molecule has 0 saturated carbocycles. The number of anilines is 1. The van der Waals surface area contributed by atoms with Crippen LogP contribution in [0.4, 0.5) is 9.52 Å². The van der Waals surface area contributed by atoms with Gasteiger partial charge in [0.15, 0.2) is 11.5 Å². The van der Waals surface area contributed by atoms with Gasteiger partial charge in [-0.15, -0.1) is 0 Å². The summed E-state index contributed by atoms with van der Waals surface area (Å²) in [6, 6.07) is 22.0. The third-order valence-electron chi connectivity index (χ3n) is 5.74. The van der Waals surface area contributed by atoms with Crippen LogP contribution in [0.25, 0.3) is 0 Å². The molecule has 1 heterocycles. The lowest BCUT2D eigenvalue weighted by Crippen LogP contribution is -2.37. The summed E-state index contributed by atoms with van der Waals surface area (Å²) in [5, 5.41) is 3.67. The van der Waals surface area contributed by atoms with Crippen LogP contribution < -0.4 is 19.7 Å². The number of halogens is 1. The van der Waals surface area contributed by atoms with Crippen molar-refractivity contribution in [3.05, 3.63) is 101 Å². The predicted octanol–water partition coefficient (Wildman–Crippen LogP) is 4.65. The Bertz CT molecular complexity index is 1300. The van der Waals surface area contributed by atoms with Gasteiger partial charge in [0.05, 0.1) is 20.8 Å². The molecule has 7 nitrogen and oxygen atoms in total. The van der Waals surface area contributed by atoms with Gasteiger partial charge in [-0.3, -0.25) is 4.79 Å². The molecule has 4 rings (SSSR count). The second kappa shape index (κ2) is 12.8. The van der Waals surface area contributed by atoms with E-state index >= 15 is 0 Å². The van der Waals surface area contributed by atoms with Crippen molar-refractivity contribution in [1.29, 1.82) is 0 Å². The van der Waals surface area contributed by atoms with Gasteiger partial charge in [0, 0.05) is 31.0 Å². The van der Waals surface area contributed by atoms with Crippen LogP contribution in [0.2, 0.25) is 0 Å². The van der Waals surface area contributed by atoms with E-state index in [9.17, 15) is 9.18 Å². The van der Waals surface area contributed by atoms with Gasteiger partial charge in [0.25, 0.3) is 0 Å². The minimum atomic E-state index is -0.276. The zero-order valence-electron chi connectivity index (χ0n) is 20.8. The van der Waals surface area contributed by atoms with Gasteiger partial charge in [-0.05, 0) is 47.4 Å². The summed E-state index contributed by atoms with van der Waals surface area (Å²) in [4.78, 5) is 19.5. The monoisotopic (exact) mass is 520 g/mol. The molecule has 37 heavy (non-hydrogen) atoms. The molecule has 1 N–H and O–H groups in total. The molecule has 0 spiro atoms. The molecule has 0 saturated heterocycles. The van der Waals surface area contributed by atoms with Crippen LogP contribution >= 0.6 is 11.5 Å². The molecule has 0 unspecified atom stereocenters. The highest BCUT2D eigenvalue weighted by Gasteiger charge is 2.17. The zero-order valence-corrected chi connectivity index (χ0v) is 21.6. The summed E-state index contributed by atoms with van der Waals surface area (Å²) in [5.41, 5.74) is 3.03. The van der Waals surface area contributed by atoms with Crippen LogP contribution in [0.1, 0.15) is 22.5 Å². The minimum Gasteiger partial charge on any atom is -0.493 e. The van der Waals surface area contributed by atoms with Gasteiger partial charge in [-0.25, -0.2) is 9.37 Å². The fourth-order valence-electron chi connectivity index (χ4n) is 3.84. The number of nitrogens with one attached hydrogen (secondary N) is 1. The van der Waals surface area contributed by atoms with Gasteiger partial charge >= 0.3 is 0 Å². The Labute approximate surface area is 220 Å². The van der Waals surface area contributed by atoms with Crippen molar-refractivity contribution in [2.24, 2.45) is 0 Å². The quantitative estimate of drug-likeness (QED) is 0.293. The lowest BCUT2D eigenvalue weighted by Gasteiger charge is -2.21. The maximum atomic E-state index is 13.2. The summed E-state index contributed by atoms with van der Waals surface area (Å²) in [7, 11) is 3.20. The molecule has 1 aromatic heterocycles. The fraction of sp³-hybridized carbons (Fsp3) is 0.250. The lowest BCUT2D eigenvalue weighted by molar-refractivity contribution is -0.119. The smallest absolute Gasteiger partial charge is 0.239 e. The molecule has 0 radical (unpaired) electrons. The summed E-state index contributed by atoms with van der Waals surface area (Å²) < 4.78 is 28.3. The summed E-state index contributed by atoms with van der Waals surface area (Å²) in [6.45, 7) is 1.15. The largest absolute Gasteiger partial charge is 0.493 e. The maximum absolute atomic E-state index is 13.2. The fourth-order valence-corrected chi connectivity index (χ4v) is 4.52. The molecule has 9 heteroatoms. The van der Waals surface area contributed by atoms with Crippen molar-refractivity contribution < 1.29 is 18.7 Å². The Morgan fingerprint density at radius 3 is 2.41 bits per heavy atom. The van der Waals surface area contributed by atoms with Crippen LogP contribution in [-0.2, 0) is 24.2 Å². The SMILES string of the molecule is COc1ccc(CCNC(=O)CN(Cc2ccccc2)c2nc(Cc3ccc(F)cc3)ns2)cc1OC. The number of carbonyl (C=O) groups is 1. The Balaban J connectivity index is 1.39. The first-order valence-corrected chi connectivity index (χ1v) is 12.6. The van der Waals surface area contributed by atoms with Gasteiger partial charge < -0.3 is 19.7 Å². The number of aromatic nitrogens is 2. The highest BCUT2D eigenvalue weighted by atomic mass is 32.1. The summed E-state index contributed by atoms with van der Waals surface area (Å²) in [5.74, 6) is 1.59. The van der Waals surface area contributed by atoms with Crippen LogP contribution in [-0.4, -0.2) is 42.6 Å². The molecule has 0 atom stereocenters. The van der Waals surface area contributed by atoms with Crippen molar-refractivity contribution in [2.45, 2.75) is 19.4 Å². The van der Waals surface area contributed by atoms with Crippen LogP contribution in [0.15, 0.2) is 72.8 Å². The number of nitrogens with zero attached hydrogens (tertiary/aromatic N) is 3. The van der Waals surface area contributed by atoms with E-state index < -0.39 is 0 Å². The number of hydrogen-bond donors (Lipinski definition) is 1. The number of benzene rings is 3. The van der Waals surface area contributed by atoms with Gasteiger partial charge in [0.1, 0.15) is 11.6 Å². The van der Waals surface area contributed by atoms with E-state index in [1.165, 1.54) is 23.7 Å². The number of carbonyl (C=O) groups excluding carboxylic acids is 1. The van der Waals surface area contributed by atoms with Gasteiger partial charge in [-0.1, -0.05) is 48.5 Å². The first-order valence-electron chi connectivity index (χ1n) is 11.9. The Kier molecular flexibility index (Phi) is 9.04. The Morgan fingerprint density at radius 1 is 0.946 bits per heavy atom. The van der Waals surface area contributed by atoms with E-state index in [-0.39, 0.29) is 18.3 Å². The molecular formula is C28H29FN4O3S. The molecule has 3 aromatic carbocycles. The summed E-state index contributed by atoms with van der Waals surface area (Å²) in [6.07, 6.45) is 1.15. The number of hydrogen-bond acceptors (Lipinski definition) is 7. The van der Waals surface area contributed by atoms with Gasteiger partial charge in [0.2, 0.25) is 11.0 Å². The first-order chi connectivity index (χ1) is 18.0. The van der Waals surface area contributed by atoms with Crippen LogP contribution in [0.3, 0.4) is 0 Å². The number of amides is 1. The third-order valence-corrected chi connectivity index (χ3v) is 6.55. The first kappa shape index (κ1) is 26.1. The second-order valence-corrected chi connectivity index (χ2v) is 9.16. The standard InChI is InChI=1S/C28H29FN4O3S/c1-35-24-13-10-21(16-25(24)36-2)14-15-30-27(34)19-33(18-22-6-4-3-5-7-22)28-31-26(32-37-28)17-20-8-11-23(29)12-9-20/h3-13,16H,14-15,17-19H2,1-2H3,(H,30,34). The normalized spacial score (nSPS) is 10.7. The van der Waals surface area contributed by atoms with E-state index in [4.69, 9.17) is 9.47 Å². The van der Waals surface area contributed by atoms with Crippen LogP contribution in [0.5, 0.6) is 11.5 Å². The van der Waals surface area contributed by atoms with E-state index in [0.717, 1.165) is 16.7 Å². The molecule has 0 aliphatic carbocycles. The maximum Gasteiger partial charge on any atom is 0.239 e. The molecule has 0 fully saturated rings.